The Morgan fingerprint density at radius 1 is 1.03 bits per heavy atom. The molecule has 0 heterocycles. The van der Waals surface area contributed by atoms with Gasteiger partial charge in [-0.25, -0.2) is 14.0 Å². The van der Waals surface area contributed by atoms with Crippen LogP contribution in [0.3, 0.4) is 0 Å². The standard InChI is InChI=1S/C14H20O3.C8H8O2.C2H3F/c1-4-5-13(16-3)10-17-14(15)12-8-6-11(2)7-9-12;1-6-2-4-7(5-3-6)8(9)10;1-2-3/h6-9,13H,4-5,10H2,1-3H3;2-5H,1H3,(H,9,10);2H,1H2. The second-order valence-electron chi connectivity index (χ2n) is 6.44. The number of carbonyl (C=O) groups excluding carboxylic acids is 1. The van der Waals surface area contributed by atoms with E-state index in [1.165, 1.54) is 0 Å². The summed E-state index contributed by atoms with van der Waals surface area (Å²) in [4.78, 5) is 22.0. The smallest absolute Gasteiger partial charge is 0.338 e. The van der Waals surface area contributed by atoms with Gasteiger partial charge in [0.15, 0.2) is 0 Å². The highest BCUT2D eigenvalue weighted by atomic mass is 19.1. The summed E-state index contributed by atoms with van der Waals surface area (Å²) in [5, 5.41) is 8.48. The molecule has 164 valence electrons. The fourth-order valence-electron chi connectivity index (χ4n) is 2.23. The SMILES string of the molecule is C=CF.CCCC(COC(=O)c1ccc(C)cc1)OC.Cc1ccc(C(=O)O)cc1. The first-order valence-electron chi connectivity index (χ1n) is 9.56. The Morgan fingerprint density at radius 3 is 1.83 bits per heavy atom. The molecule has 1 N–H and O–H groups in total. The maximum Gasteiger partial charge on any atom is 0.338 e. The average molecular weight is 419 g/mol. The van der Waals surface area contributed by atoms with Crippen LogP contribution in [0, 0.1) is 13.8 Å². The van der Waals surface area contributed by atoms with Crippen molar-refractivity contribution in [2.24, 2.45) is 0 Å². The van der Waals surface area contributed by atoms with E-state index in [9.17, 15) is 14.0 Å². The molecule has 0 bridgehead atoms. The highest BCUT2D eigenvalue weighted by Gasteiger charge is 2.11. The third-order valence-corrected chi connectivity index (χ3v) is 3.93. The zero-order valence-electron chi connectivity index (χ0n) is 18.1. The normalized spacial score (nSPS) is 10.4. The van der Waals surface area contributed by atoms with E-state index < -0.39 is 5.97 Å². The van der Waals surface area contributed by atoms with Gasteiger partial charge in [0.25, 0.3) is 0 Å². The van der Waals surface area contributed by atoms with E-state index in [-0.39, 0.29) is 18.4 Å². The van der Waals surface area contributed by atoms with Gasteiger partial charge < -0.3 is 14.6 Å². The Labute approximate surface area is 178 Å². The van der Waals surface area contributed by atoms with Gasteiger partial charge in [0.2, 0.25) is 0 Å². The fourth-order valence-corrected chi connectivity index (χ4v) is 2.23. The Kier molecular flexibility index (Phi) is 14.3. The number of benzene rings is 2. The van der Waals surface area contributed by atoms with Crippen LogP contribution in [-0.2, 0) is 9.47 Å². The van der Waals surface area contributed by atoms with Gasteiger partial charge in [-0.2, -0.15) is 0 Å². The summed E-state index contributed by atoms with van der Waals surface area (Å²) in [7, 11) is 1.64. The number of rotatable bonds is 7. The lowest BCUT2D eigenvalue weighted by molar-refractivity contribution is 0.00781. The Balaban J connectivity index is 0.000000546. The topological polar surface area (TPSA) is 72.8 Å². The molecule has 1 unspecified atom stereocenters. The van der Waals surface area contributed by atoms with E-state index >= 15 is 0 Å². The van der Waals surface area contributed by atoms with E-state index in [1.807, 2.05) is 26.0 Å². The third kappa shape index (κ3) is 11.8. The molecule has 0 radical (unpaired) electrons. The van der Waals surface area contributed by atoms with Gasteiger partial charge in [-0.05, 0) is 44.5 Å². The van der Waals surface area contributed by atoms with Crippen LogP contribution in [-0.4, -0.2) is 36.9 Å². The zero-order chi connectivity index (χ0) is 22.9. The molecule has 30 heavy (non-hydrogen) atoms. The first-order chi connectivity index (χ1) is 14.3. The van der Waals surface area contributed by atoms with Crippen molar-refractivity contribution in [1.82, 2.24) is 0 Å². The minimum absolute atomic E-state index is 0.00519. The number of ether oxygens (including phenoxy) is 2. The van der Waals surface area contributed by atoms with Crippen LogP contribution >= 0.6 is 0 Å². The molecule has 0 fully saturated rings. The van der Waals surface area contributed by atoms with Crippen molar-refractivity contribution < 1.29 is 28.6 Å². The van der Waals surface area contributed by atoms with Crippen LogP contribution < -0.4 is 0 Å². The molecule has 0 aromatic heterocycles. The summed E-state index contributed by atoms with van der Waals surface area (Å²) in [5.41, 5.74) is 3.12. The van der Waals surface area contributed by atoms with E-state index in [2.05, 4.69) is 13.5 Å². The number of carboxylic acids is 1. The molecule has 0 saturated heterocycles. The molecular formula is C24H31FO5. The van der Waals surface area contributed by atoms with Crippen molar-refractivity contribution in [3.05, 3.63) is 83.7 Å². The average Bonchev–Trinajstić information content (AvgIpc) is 2.73. The van der Waals surface area contributed by atoms with Crippen LogP contribution in [0.5, 0.6) is 0 Å². The van der Waals surface area contributed by atoms with E-state index in [0.717, 1.165) is 24.0 Å². The number of aryl methyl sites for hydroxylation is 2. The van der Waals surface area contributed by atoms with Gasteiger partial charge in [-0.3, -0.25) is 0 Å². The van der Waals surface area contributed by atoms with Gasteiger partial charge in [0.05, 0.1) is 23.6 Å². The van der Waals surface area contributed by atoms with Gasteiger partial charge in [0.1, 0.15) is 6.61 Å². The van der Waals surface area contributed by atoms with Crippen LogP contribution in [0.4, 0.5) is 4.39 Å². The van der Waals surface area contributed by atoms with Crippen molar-refractivity contribution in [2.75, 3.05) is 13.7 Å². The monoisotopic (exact) mass is 418 g/mol. The third-order valence-electron chi connectivity index (χ3n) is 3.93. The van der Waals surface area contributed by atoms with Crippen LogP contribution in [0.1, 0.15) is 51.6 Å². The molecule has 2 rings (SSSR count). The number of carbonyl (C=O) groups is 2. The molecule has 0 aliphatic rings. The minimum Gasteiger partial charge on any atom is -0.478 e. The number of hydrogen-bond donors (Lipinski definition) is 1. The maximum atomic E-state index is 11.7. The predicted molar refractivity (Wildman–Crippen MR) is 117 cm³/mol. The molecule has 0 saturated carbocycles. The minimum atomic E-state index is -0.875. The summed E-state index contributed by atoms with van der Waals surface area (Å²) >= 11 is 0. The summed E-state index contributed by atoms with van der Waals surface area (Å²) in [5.74, 6) is -1.16. The second-order valence-corrected chi connectivity index (χ2v) is 6.44. The molecule has 2 aromatic carbocycles. The number of aromatic carboxylic acids is 1. The predicted octanol–water partition coefficient (Wildman–Crippen LogP) is 5.76. The Morgan fingerprint density at radius 2 is 1.47 bits per heavy atom. The van der Waals surface area contributed by atoms with Crippen molar-refractivity contribution in [3.63, 3.8) is 0 Å². The lowest BCUT2D eigenvalue weighted by Crippen LogP contribution is -2.20. The van der Waals surface area contributed by atoms with Crippen LogP contribution in [0.15, 0.2) is 61.4 Å². The highest BCUT2D eigenvalue weighted by molar-refractivity contribution is 5.89. The number of carboxylic acid groups (broad SMARTS) is 1. The molecule has 1 atom stereocenters. The van der Waals surface area contributed by atoms with Crippen LogP contribution in [0.2, 0.25) is 0 Å². The lowest BCUT2D eigenvalue weighted by atomic mass is 10.1. The van der Waals surface area contributed by atoms with Gasteiger partial charge >= 0.3 is 11.9 Å². The summed E-state index contributed by atoms with van der Waals surface area (Å²) in [6.07, 6.45) is 2.16. The first kappa shape index (κ1) is 27.0. The van der Waals surface area contributed by atoms with Gasteiger partial charge in [0, 0.05) is 7.11 Å². The molecule has 0 aliphatic carbocycles. The summed E-state index contributed by atoms with van der Waals surface area (Å²) in [6.45, 7) is 8.99. The number of esters is 1. The second kappa shape index (κ2) is 15.9. The number of methoxy groups -OCH3 is 1. The molecule has 6 heteroatoms. The Hall–Kier alpha value is -2.99. The fraction of sp³-hybridized carbons (Fsp3) is 0.333. The van der Waals surface area contributed by atoms with Crippen molar-refractivity contribution in [1.29, 1.82) is 0 Å². The molecule has 0 aliphatic heterocycles. The molecule has 5 nitrogen and oxygen atoms in total. The number of hydrogen-bond acceptors (Lipinski definition) is 4. The first-order valence-corrected chi connectivity index (χ1v) is 9.56. The molecule has 0 amide bonds. The summed E-state index contributed by atoms with van der Waals surface area (Å²) in [6, 6.07) is 14.1. The van der Waals surface area contributed by atoms with Gasteiger partial charge in [-0.15, -0.1) is 0 Å². The van der Waals surface area contributed by atoms with Gasteiger partial charge in [-0.1, -0.05) is 55.3 Å². The largest absolute Gasteiger partial charge is 0.478 e. The lowest BCUT2D eigenvalue weighted by Gasteiger charge is -2.14. The van der Waals surface area contributed by atoms with E-state index in [4.69, 9.17) is 14.6 Å². The highest BCUT2D eigenvalue weighted by Crippen LogP contribution is 2.07. The Bertz CT molecular complexity index is 754. The van der Waals surface area contributed by atoms with Crippen LogP contribution in [0.25, 0.3) is 0 Å². The summed E-state index contributed by atoms with van der Waals surface area (Å²) < 4.78 is 20.5. The van der Waals surface area contributed by atoms with Crippen molar-refractivity contribution in [3.8, 4) is 0 Å². The quantitative estimate of drug-likeness (QED) is 0.579. The number of halogens is 1. The van der Waals surface area contributed by atoms with E-state index in [0.29, 0.717) is 17.7 Å². The van der Waals surface area contributed by atoms with Crippen molar-refractivity contribution in [2.45, 2.75) is 39.7 Å². The molecular weight excluding hydrogens is 387 g/mol. The van der Waals surface area contributed by atoms with Crippen molar-refractivity contribution >= 4 is 11.9 Å². The molecule has 0 spiro atoms. The van der Waals surface area contributed by atoms with E-state index in [1.54, 1.807) is 43.5 Å². The molecule has 2 aromatic rings. The zero-order valence-corrected chi connectivity index (χ0v) is 18.1. The maximum absolute atomic E-state index is 11.7.